The molecule has 0 aromatic carbocycles. The number of hydrogen-bond donors (Lipinski definition) is 1. The summed E-state index contributed by atoms with van der Waals surface area (Å²) in [5, 5.41) is 7.32. The van der Waals surface area contributed by atoms with Crippen LogP contribution >= 0.6 is 11.3 Å². The van der Waals surface area contributed by atoms with E-state index in [1.165, 1.54) is 22.4 Å². The predicted octanol–water partition coefficient (Wildman–Crippen LogP) is 2.57. The Morgan fingerprint density at radius 1 is 1.31 bits per heavy atom. The minimum absolute atomic E-state index is 0.0468. The molecule has 1 unspecified atom stereocenters. The number of amides is 1. The first-order valence-electron chi connectivity index (χ1n) is 10.4. The van der Waals surface area contributed by atoms with Gasteiger partial charge in [0.1, 0.15) is 17.9 Å². The summed E-state index contributed by atoms with van der Waals surface area (Å²) in [5.74, 6) is 1.31. The molecule has 3 aromatic rings. The van der Waals surface area contributed by atoms with Crippen molar-refractivity contribution in [2.45, 2.75) is 46.6 Å². The fraction of sp³-hybridized carbons (Fsp3) is 0.571. The normalized spacial score (nSPS) is 18.0. The number of thiophene rings is 1. The average molecular weight is 416 g/mol. The van der Waals surface area contributed by atoms with Gasteiger partial charge >= 0.3 is 0 Å². The van der Waals surface area contributed by atoms with Gasteiger partial charge in [0.05, 0.1) is 10.2 Å². The molecule has 1 amide bonds. The summed E-state index contributed by atoms with van der Waals surface area (Å²) < 4.78 is 4.23. The molecule has 1 saturated heterocycles. The van der Waals surface area contributed by atoms with Crippen LogP contribution < -0.4 is 10.9 Å². The smallest absolute Gasteiger partial charge is 0.291 e. The van der Waals surface area contributed by atoms with Crippen molar-refractivity contribution >= 4 is 33.0 Å². The lowest BCUT2D eigenvalue weighted by Crippen LogP contribution is -2.38. The summed E-state index contributed by atoms with van der Waals surface area (Å²) >= 11 is 1.66. The minimum atomic E-state index is -0.228. The topological polar surface area (TPSA) is 71.6 Å². The van der Waals surface area contributed by atoms with E-state index < -0.39 is 0 Å². The van der Waals surface area contributed by atoms with Crippen molar-refractivity contribution in [3.05, 3.63) is 33.2 Å². The molecule has 1 aliphatic heterocycles. The van der Waals surface area contributed by atoms with Crippen LogP contribution in [0.25, 0.3) is 15.7 Å². The van der Waals surface area contributed by atoms with Crippen molar-refractivity contribution in [3.8, 4) is 0 Å². The molecule has 0 bridgehead atoms. The second-order valence-corrected chi connectivity index (χ2v) is 9.52. The summed E-state index contributed by atoms with van der Waals surface area (Å²) in [6.45, 7) is 10.1. The maximum absolute atomic E-state index is 12.8. The number of carbonyl (C=O) groups is 1. The Hall–Kier alpha value is -2.19. The van der Waals surface area contributed by atoms with Gasteiger partial charge in [-0.2, -0.15) is 5.10 Å². The lowest BCUT2D eigenvalue weighted by atomic mass is 10.0. The number of hydrogen-bond acceptors (Lipinski definition) is 5. The lowest BCUT2D eigenvalue weighted by Gasteiger charge is -2.30. The van der Waals surface area contributed by atoms with Crippen LogP contribution in [-0.2, 0) is 11.3 Å². The third kappa shape index (κ3) is 4.23. The van der Waals surface area contributed by atoms with Crippen molar-refractivity contribution in [2.75, 3.05) is 26.2 Å². The molecule has 0 radical (unpaired) electrons. The van der Waals surface area contributed by atoms with Crippen molar-refractivity contribution < 1.29 is 4.79 Å². The molecule has 3 aromatic heterocycles. The standard InChI is InChI=1S/C21H29N5O2S/c1-14-6-4-8-24(12-14)9-5-7-22-20(27)13-25-21(28)18-11-19-17(10-15(2)29-19)26(18)16(3)23-25/h10-11,14H,4-9,12-13H2,1-3H3,(H,22,27). The summed E-state index contributed by atoms with van der Waals surface area (Å²) in [6, 6.07) is 3.97. The van der Waals surface area contributed by atoms with E-state index >= 15 is 0 Å². The third-order valence-corrected chi connectivity index (χ3v) is 6.65. The highest BCUT2D eigenvalue weighted by Crippen LogP contribution is 2.27. The van der Waals surface area contributed by atoms with Crippen LogP contribution in [-0.4, -0.2) is 51.2 Å². The molecule has 0 saturated carbocycles. The van der Waals surface area contributed by atoms with Crippen molar-refractivity contribution in [1.82, 2.24) is 24.4 Å². The van der Waals surface area contributed by atoms with Crippen LogP contribution in [0.3, 0.4) is 0 Å². The van der Waals surface area contributed by atoms with Gasteiger partial charge in [-0.3, -0.25) is 14.0 Å². The highest BCUT2D eigenvalue weighted by atomic mass is 32.1. The second-order valence-electron chi connectivity index (χ2n) is 8.23. The zero-order chi connectivity index (χ0) is 20.5. The largest absolute Gasteiger partial charge is 0.354 e. The average Bonchev–Trinajstić information content (AvgIpc) is 3.19. The third-order valence-electron chi connectivity index (χ3n) is 5.66. The van der Waals surface area contributed by atoms with E-state index in [-0.39, 0.29) is 18.0 Å². The maximum atomic E-state index is 12.8. The predicted molar refractivity (Wildman–Crippen MR) is 117 cm³/mol. The zero-order valence-electron chi connectivity index (χ0n) is 17.4. The molecule has 4 rings (SSSR count). The van der Waals surface area contributed by atoms with Gasteiger partial charge in [0, 0.05) is 18.0 Å². The highest BCUT2D eigenvalue weighted by molar-refractivity contribution is 7.19. The van der Waals surface area contributed by atoms with E-state index in [1.807, 2.05) is 17.4 Å². The second kappa shape index (κ2) is 8.28. The summed E-state index contributed by atoms with van der Waals surface area (Å²) in [5.41, 5.74) is 1.35. The quantitative estimate of drug-likeness (QED) is 0.628. The first-order valence-corrected chi connectivity index (χ1v) is 11.2. The van der Waals surface area contributed by atoms with Crippen molar-refractivity contribution in [1.29, 1.82) is 0 Å². The molecule has 8 heteroatoms. The Kier molecular flexibility index (Phi) is 5.74. The van der Waals surface area contributed by atoms with E-state index in [1.54, 1.807) is 11.3 Å². The molecule has 156 valence electrons. The van der Waals surface area contributed by atoms with Crippen molar-refractivity contribution in [2.24, 2.45) is 5.92 Å². The van der Waals surface area contributed by atoms with Gasteiger partial charge in [0.15, 0.2) is 0 Å². The highest BCUT2D eigenvalue weighted by Gasteiger charge is 2.17. The maximum Gasteiger partial charge on any atom is 0.291 e. The van der Waals surface area contributed by atoms with Crippen molar-refractivity contribution in [3.63, 3.8) is 0 Å². The summed E-state index contributed by atoms with van der Waals surface area (Å²) in [6.07, 6.45) is 3.51. The van der Waals surface area contributed by atoms with Crippen LogP contribution in [0.4, 0.5) is 0 Å². The Morgan fingerprint density at radius 2 is 2.14 bits per heavy atom. The van der Waals surface area contributed by atoms with Crippen LogP contribution in [0.1, 0.15) is 36.9 Å². The lowest BCUT2D eigenvalue weighted by molar-refractivity contribution is -0.121. The molecule has 29 heavy (non-hydrogen) atoms. The van der Waals surface area contributed by atoms with E-state index in [9.17, 15) is 9.59 Å². The summed E-state index contributed by atoms with van der Waals surface area (Å²) in [4.78, 5) is 28.9. The van der Waals surface area contributed by atoms with Gasteiger partial charge in [-0.25, -0.2) is 4.68 Å². The number of likely N-dealkylation sites (tertiary alicyclic amines) is 1. The van der Waals surface area contributed by atoms with E-state index in [2.05, 4.69) is 35.2 Å². The zero-order valence-corrected chi connectivity index (χ0v) is 18.2. The van der Waals surface area contributed by atoms with Gasteiger partial charge in [-0.05, 0) is 64.3 Å². The molecule has 1 atom stereocenters. The SMILES string of the molecule is Cc1cc2c(cc3c(=O)n(CC(=O)NCCCN4CCCC(C)C4)nc(C)n32)s1. The molecule has 7 nitrogen and oxygen atoms in total. The Labute approximate surface area is 174 Å². The fourth-order valence-corrected chi connectivity index (χ4v) is 5.28. The number of aryl methyl sites for hydroxylation is 2. The molecule has 1 fully saturated rings. The molecule has 1 N–H and O–H groups in total. The van der Waals surface area contributed by atoms with Gasteiger partial charge < -0.3 is 10.2 Å². The number of nitrogens with one attached hydrogen (secondary N) is 1. The summed E-state index contributed by atoms with van der Waals surface area (Å²) in [7, 11) is 0. The Balaban J connectivity index is 1.38. The minimum Gasteiger partial charge on any atom is -0.354 e. The number of rotatable bonds is 6. The molecule has 1 aliphatic rings. The van der Waals surface area contributed by atoms with E-state index in [0.29, 0.717) is 17.9 Å². The van der Waals surface area contributed by atoms with Gasteiger partial charge in [-0.1, -0.05) is 6.92 Å². The number of nitrogens with zero attached hydrogens (tertiary/aromatic N) is 4. The number of aromatic nitrogens is 3. The van der Waals surface area contributed by atoms with Gasteiger partial charge in [0.25, 0.3) is 5.56 Å². The monoisotopic (exact) mass is 415 g/mol. The van der Waals surface area contributed by atoms with E-state index in [0.717, 1.165) is 42.2 Å². The fourth-order valence-electron chi connectivity index (χ4n) is 4.34. The van der Waals surface area contributed by atoms with Crippen LogP contribution in [0, 0.1) is 19.8 Å². The molecular formula is C21H29N5O2S. The van der Waals surface area contributed by atoms with Crippen LogP contribution in [0.2, 0.25) is 0 Å². The molecular weight excluding hydrogens is 386 g/mol. The van der Waals surface area contributed by atoms with Crippen LogP contribution in [0.5, 0.6) is 0 Å². The molecule has 4 heterocycles. The van der Waals surface area contributed by atoms with Crippen LogP contribution in [0.15, 0.2) is 16.9 Å². The first-order chi connectivity index (χ1) is 13.9. The molecule has 0 spiro atoms. The number of carbonyl (C=O) groups excluding carboxylic acids is 1. The number of fused-ring (bicyclic) bond motifs is 3. The Bertz CT molecular complexity index is 1100. The van der Waals surface area contributed by atoms with Gasteiger partial charge in [0.2, 0.25) is 5.91 Å². The van der Waals surface area contributed by atoms with Gasteiger partial charge in [-0.15, -0.1) is 11.3 Å². The number of piperidine rings is 1. The first kappa shape index (κ1) is 20.1. The molecule has 0 aliphatic carbocycles. The Morgan fingerprint density at radius 3 is 2.93 bits per heavy atom. The van der Waals surface area contributed by atoms with E-state index in [4.69, 9.17) is 0 Å².